The summed E-state index contributed by atoms with van der Waals surface area (Å²) in [5, 5.41) is 12.1. The van der Waals surface area contributed by atoms with E-state index in [9.17, 15) is 9.90 Å². The predicted octanol–water partition coefficient (Wildman–Crippen LogP) is 1.69. The zero-order valence-electron chi connectivity index (χ0n) is 8.75. The Kier molecular flexibility index (Phi) is 2.80. The molecule has 1 amide bonds. The number of carbonyl (C=O) groups is 1. The molecule has 1 unspecified atom stereocenters. The molecule has 0 aromatic carbocycles. The van der Waals surface area contributed by atoms with E-state index < -0.39 is 12.0 Å². The van der Waals surface area contributed by atoms with Gasteiger partial charge in [0.1, 0.15) is 5.00 Å². The van der Waals surface area contributed by atoms with Crippen molar-refractivity contribution in [2.75, 3.05) is 0 Å². The first-order valence-corrected chi connectivity index (χ1v) is 5.72. The van der Waals surface area contributed by atoms with Crippen LogP contribution in [0.25, 0.3) is 5.00 Å². The van der Waals surface area contributed by atoms with Crippen LogP contribution >= 0.6 is 11.3 Å². The Morgan fingerprint density at radius 2 is 2.31 bits per heavy atom. The molecule has 0 aliphatic carbocycles. The van der Waals surface area contributed by atoms with Crippen molar-refractivity contribution in [1.29, 1.82) is 0 Å². The topological polar surface area (TPSA) is 68.2 Å². The maximum Gasteiger partial charge on any atom is 0.251 e. The quantitative estimate of drug-likeness (QED) is 0.851. The number of primary amides is 1. The summed E-state index contributed by atoms with van der Waals surface area (Å²) in [5.74, 6) is -0.457. The molecule has 4 nitrogen and oxygen atoms in total. The Morgan fingerprint density at radius 3 is 2.94 bits per heavy atom. The van der Waals surface area contributed by atoms with Crippen molar-refractivity contribution in [3.05, 3.63) is 41.0 Å². The molecule has 5 heteroatoms. The van der Waals surface area contributed by atoms with Crippen LogP contribution in [0.5, 0.6) is 0 Å². The molecule has 2 rings (SSSR count). The van der Waals surface area contributed by atoms with Gasteiger partial charge in [-0.1, -0.05) is 0 Å². The van der Waals surface area contributed by atoms with Crippen LogP contribution in [0.2, 0.25) is 0 Å². The van der Waals surface area contributed by atoms with Crippen LogP contribution in [0.15, 0.2) is 29.8 Å². The molecular weight excluding hydrogens is 224 g/mol. The lowest BCUT2D eigenvalue weighted by Gasteiger charge is -2.10. The number of aliphatic hydroxyl groups excluding tert-OH is 1. The minimum absolute atomic E-state index is 0.457. The second kappa shape index (κ2) is 4.11. The van der Waals surface area contributed by atoms with Gasteiger partial charge in [0.05, 0.1) is 17.4 Å². The van der Waals surface area contributed by atoms with E-state index in [1.165, 1.54) is 11.3 Å². The van der Waals surface area contributed by atoms with Gasteiger partial charge in [-0.15, -0.1) is 11.3 Å². The third-order valence-corrected chi connectivity index (χ3v) is 3.25. The Morgan fingerprint density at radius 1 is 1.56 bits per heavy atom. The van der Waals surface area contributed by atoms with E-state index >= 15 is 0 Å². The maximum atomic E-state index is 11.2. The fourth-order valence-electron chi connectivity index (χ4n) is 1.59. The molecular formula is C11H12N2O2S. The average molecular weight is 236 g/mol. The van der Waals surface area contributed by atoms with Gasteiger partial charge in [0.2, 0.25) is 0 Å². The lowest BCUT2D eigenvalue weighted by atomic mass is 10.2. The first kappa shape index (κ1) is 10.9. The van der Waals surface area contributed by atoms with Crippen LogP contribution in [-0.4, -0.2) is 15.6 Å². The minimum atomic E-state index is -0.585. The van der Waals surface area contributed by atoms with Gasteiger partial charge in [-0.05, 0) is 30.5 Å². The molecule has 0 bridgehead atoms. The normalized spacial score (nSPS) is 12.6. The molecule has 0 saturated carbocycles. The fraction of sp³-hybridized carbons (Fsp3) is 0.182. The number of nitrogens with zero attached hydrogens (tertiary/aromatic N) is 1. The lowest BCUT2D eigenvalue weighted by Crippen LogP contribution is -2.13. The van der Waals surface area contributed by atoms with Gasteiger partial charge >= 0.3 is 0 Å². The molecule has 3 N–H and O–H groups in total. The molecule has 16 heavy (non-hydrogen) atoms. The highest BCUT2D eigenvalue weighted by Gasteiger charge is 2.15. The molecule has 0 aliphatic rings. The molecule has 84 valence electrons. The van der Waals surface area contributed by atoms with E-state index in [1.807, 2.05) is 12.1 Å². The van der Waals surface area contributed by atoms with Crippen molar-refractivity contribution >= 4 is 17.2 Å². The van der Waals surface area contributed by atoms with E-state index in [0.717, 1.165) is 10.7 Å². The summed E-state index contributed by atoms with van der Waals surface area (Å²) in [7, 11) is 0. The molecule has 2 aromatic rings. The van der Waals surface area contributed by atoms with Crippen molar-refractivity contribution in [2.45, 2.75) is 13.0 Å². The van der Waals surface area contributed by atoms with Crippen molar-refractivity contribution < 1.29 is 9.90 Å². The Bertz CT molecular complexity index is 514. The van der Waals surface area contributed by atoms with E-state index in [-0.39, 0.29) is 0 Å². The number of amides is 1. The second-order valence-corrected chi connectivity index (χ2v) is 4.38. The van der Waals surface area contributed by atoms with Crippen molar-refractivity contribution in [1.82, 2.24) is 4.57 Å². The fourth-order valence-corrected chi connectivity index (χ4v) is 2.50. The first-order valence-electron chi connectivity index (χ1n) is 4.84. The molecule has 0 spiro atoms. The van der Waals surface area contributed by atoms with Crippen LogP contribution in [0.1, 0.15) is 29.1 Å². The maximum absolute atomic E-state index is 11.2. The molecule has 0 radical (unpaired) electrons. The van der Waals surface area contributed by atoms with Crippen LogP contribution in [-0.2, 0) is 0 Å². The number of aliphatic hydroxyl groups is 1. The van der Waals surface area contributed by atoms with Gasteiger partial charge in [0.25, 0.3) is 5.91 Å². The van der Waals surface area contributed by atoms with E-state index in [1.54, 1.807) is 29.1 Å². The summed E-state index contributed by atoms with van der Waals surface area (Å²) in [6.45, 7) is 1.68. The summed E-state index contributed by atoms with van der Waals surface area (Å²) < 4.78 is 1.79. The summed E-state index contributed by atoms with van der Waals surface area (Å²) in [5.41, 5.74) is 6.50. The smallest absolute Gasteiger partial charge is 0.251 e. The van der Waals surface area contributed by atoms with Gasteiger partial charge < -0.3 is 15.4 Å². The van der Waals surface area contributed by atoms with Crippen molar-refractivity contribution in [2.24, 2.45) is 5.73 Å². The van der Waals surface area contributed by atoms with Crippen LogP contribution in [0, 0.1) is 0 Å². The van der Waals surface area contributed by atoms with Gasteiger partial charge in [0, 0.05) is 6.20 Å². The first-order chi connectivity index (χ1) is 7.61. The highest BCUT2D eigenvalue weighted by molar-refractivity contribution is 7.13. The molecule has 0 saturated heterocycles. The van der Waals surface area contributed by atoms with E-state index in [4.69, 9.17) is 5.73 Å². The second-order valence-electron chi connectivity index (χ2n) is 3.48. The molecule has 1 atom stereocenters. The number of hydrogen-bond acceptors (Lipinski definition) is 3. The van der Waals surface area contributed by atoms with Crippen LogP contribution in [0.4, 0.5) is 0 Å². The summed E-state index contributed by atoms with van der Waals surface area (Å²) >= 11 is 1.42. The minimum Gasteiger partial charge on any atom is -0.387 e. The highest BCUT2D eigenvalue weighted by atomic mass is 32.1. The third kappa shape index (κ3) is 1.75. The number of nitrogens with two attached hydrogens (primary N) is 1. The highest BCUT2D eigenvalue weighted by Crippen LogP contribution is 2.26. The van der Waals surface area contributed by atoms with Crippen molar-refractivity contribution in [3.63, 3.8) is 0 Å². The van der Waals surface area contributed by atoms with Gasteiger partial charge in [0.15, 0.2) is 0 Å². The van der Waals surface area contributed by atoms with E-state index in [2.05, 4.69) is 0 Å². The number of rotatable bonds is 3. The molecule has 2 aromatic heterocycles. The SMILES string of the molecule is CC(O)c1cccn1-c1sccc1C(N)=O. The zero-order valence-corrected chi connectivity index (χ0v) is 9.57. The summed E-state index contributed by atoms with van der Waals surface area (Å²) in [6, 6.07) is 5.33. The van der Waals surface area contributed by atoms with Gasteiger partial charge in [-0.2, -0.15) is 0 Å². The number of carbonyl (C=O) groups excluding carboxylic acids is 1. The number of hydrogen-bond donors (Lipinski definition) is 2. The Hall–Kier alpha value is -1.59. The van der Waals surface area contributed by atoms with Gasteiger partial charge in [-0.3, -0.25) is 4.79 Å². The summed E-state index contributed by atoms with van der Waals surface area (Å²) in [4.78, 5) is 11.2. The zero-order chi connectivity index (χ0) is 11.7. The monoisotopic (exact) mass is 236 g/mol. The summed E-state index contributed by atoms with van der Waals surface area (Å²) in [6.07, 6.45) is 1.22. The third-order valence-electron chi connectivity index (χ3n) is 2.34. The van der Waals surface area contributed by atoms with Crippen LogP contribution in [0.3, 0.4) is 0 Å². The van der Waals surface area contributed by atoms with Crippen LogP contribution < -0.4 is 5.73 Å². The Balaban J connectivity index is 2.54. The van der Waals surface area contributed by atoms with Gasteiger partial charge in [-0.25, -0.2) is 0 Å². The van der Waals surface area contributed by atoms with Crippen molar-refractivity contribution in [3.8, 4) is 5.00 Å². The largest absolute Gasteiger partial charge is 0.387 e. The molecule has 2 heterocycles. The Labute approximate surface area is 96.9 Å². The molecule has 0 aliphatic heterocycles. The number of aromatic nitrogens is 1. The average Bonchev–Trinajstić information content (AvgIpc) is 2.85. The lowest BCUT2D eigenvalue weighted by molar-refractivity contribution is 0.100. The molecule has 0 fully saturated rings. The van der Waals surface area contributed by atoms with E-state index in [0.29, 0.717) is 5.56 Å². The standard InChI is InChI=1S/C11H12N2O2S/c1-7(14)9-3-2-5-13(9)11-8(10(12)15)4-6-16-11/h2-7,14H,1H3,(H2,12,15). The predicted molar refractivity (Wildman–Crippen MR) is 62.8 cm³/mol. The number of thiophene rings is 1.